The Hall–Kier alpha value is -3.59. The van der Waals surface area contributed by atoms with E-state index in [4.69, 9.17) is 26.1 Å². The van der Waals surface area contributed by atoms with E-state index < -0.39 is 0 Å². The number of hydrogen-bond acceptors (Lipinski definition) is 6. The van der Waals surface area contributed by atoms with Gasteiger partial charge in [-0.25, -0.2) is 4.98 Å². The fourth-order valence-electron chi connectivity index (χ4n) is 5.77. The molecule has 234 valence electrons. The summed E-state index contributed by atoms with van der Waals surface area (Å²) in [6.07, 6.45) is 0.852. The number of methoxy groups -OCH3 is 2. The number of imidazole rings is 1. The van der Waals surface area contributed by atoms with Gasteiger partial charge in [0.05, 0.1) is 42.4 Å². The van der Waals surface area contributed by atoms with Crippen LogP contribution in [0.15, 0.2) is 60.7 Å². The number of halogens is 1. The van der Waals surface area contributed by atoms with E-state index in [9.17, 15) is 4.79 Å². The second kappa shape index (κ2) is 14.5. The molecule has 1 aromatic heterocycles. The van der Waals surface area contributed by atoms with Crippen molar-refractivity contribution >= 4 is 28.5 Å². The molecule has 0 bridgehead atoms. The fourth-order valence-corrected chi connectivity index (χ4v) is 6.08. The van der Waals surface area contributed by atoms with E-state index in [1.165, 1.54) is 18.2 Å². The summed E-state index contributed by atoms with van der Waals surface area (Å²) in [6, 6.07) is 20.3. The number of carbonyl (C=O) groups excluding carboxylic acids is 1. The van der Waals surface area contributed by atoms with Crippen LogP contribution in [-0.4, -0.2) is 84.1 Å². The second-order valence-corrected chi connectivity index (χ2v) is 12.4. The topological polar surface area (TPSA) is 63.1 Å². The van der Waals surface area contributed by atoms with Crippen LogP contribution in [0.3, 0.4) is 0 Å². The van der Waals surface area contributed by atoms with Crippen LogP contribution in [0.25, 0.3) is 11.0 Å². The Kier molecular flexibility index (Phi) is 10.5. The van der Waals surface area contributed by atoms with Gasteiger partial charge in [0.1, 0.15) is 5.82 Å². The number of aromatic nitrogens is 2. The standard InChI is InChI=1S/C35H44ClN5O3/c1-25(2)16-17-40(35(42)28-14-15-31(43-4)34(44-5)33(28)36)24-32-37-29-12-8-9-13-30(29)41(32)23-27-11-7-6-10-26(27)22-39-20-18-38(3)19-21-39/h6-15,25H,16-24H2,1-5H3. The van der Waals surface area contributed by atoms with Crippen LogP contribution in [0, 0.1) is 5.92 Å². The molecule has 4 aromatic rings. The van der Waals surface area contributed by atoms with Gasteiger partial charge in [-0.1, -0.05) is 61.8 Å². The Bertz CT molecular complexity index is 1580. The Morgan fingerprint density at radius 2 is 1.61 bits per heavy atom. The molecule has 1 fully saturated rings. The summed E-state index contributed by atoms with van der Waals surface area (Å²) in [4.78, 5) is 26.0. The molecule has 2 heterocycles. The first-order valence-electron chi connectivity index (χ1n) is 15.4. The van der Waals surface area contributed by atoms with Crippen LogP contribution < -0.4 is 9.47 Å². The molecular formula is C35H44ClN5O3. The van der Waals surface area contributed by atoms with Crippen LogP contribution in [0.2, 0.25) is 5.02 Å². The van der Waals surface area contributed by atoms with Gasteiger partial charge in [-0.05, 0) is 54.8 Å². The van der Waals surface area contributed by atoms with Gasteiger partial charge in [0.15, 0.2) is 11.5 Å². The molecular weight excluding hydrogens is 574 g/mol. The fraction of sp³-hybridized carbons (Fsp3) is 0.429. The normalized spacial score (nSPS) is 14.3. The molecule has 1 aliphatic heterocycles. The molecule has 1 saturated heterocycles. The Morgan fingerprint density at radius 3 is 2.30 bits per heavy atom. The minimum atomic E-state index is -0.161. The number of likely N-dealkylation sites (N-methyl/N-ethyl adjacent to an activating group) is 1. The summed E-state index contributed by atoms with van der Waals surface area (Å²) in [5.74, 6) is 1.94. The molecule has 9 heteroatoms. The average Bonchev–Trinajstić information content (AvgIpc) is 3.37. The number of benzene rings is 3. The molecule has 1 aliphatic rings. The van der Waals surface area contributed by atoms with Gasteiger partial charge in [0.25, 0.3) is 5.91 Å². The smallest absolute Gasteiger partial charge is 0.255 e. The molecule has 3 aromatic carbocycles. The molecule has 0 spiro atoms. The summed E-state index contributed by atoms with van der Waals surface area (Å²) in [6.45, 7) is 11.1. The molecule has 0 radical (unpaired) electrons. The van der Waals surface area contributed by atoms with Crippen molar-refractivity contribution in [3.05, 3.63) is 88.2 Å². The number of hydrogen-bond donors (Lipinski definition) is 0. The summed E-state index contributed by atoms with van der Waals surface area (Å²) in [5.41, 5.74) is 4.94. The van der Waals surface area contributed by atoms with E-state index >= 15 is 0 Å². The van der Waals surface area contributed by atoms with Gasteiger partial charge >= 0.3 is 0 Å². The molecule has 5 rings (SSSR count). The van der Waals surface area contributed by atoms with Crippen LogP contribution >= 0.6 is 11.6 Å². The predicted molar refractivity (Wildman–Crippen MR) is 177 cm³/mol. The minimum Gasteiger partial charge on any atom is -0.493 e. The number of piperazine rings is 1. The van der Waals surface area contributed by atoms with Gasteiger partial charge in [-0.3, -0.25) is 9.69 Å². The van der Waals surface area contributed by atoms with E-state index in [1.807, 2.05) is 23.1 Å². The first-order valence-corrected chi connectivity index (χ1v) is 15.8. The minimum absolute atomic E-state index is 0.161. The largest absolute Gasteiger partial charge is 0.493 e. The van der Waals surface area contributed by atoms with Crippen molar-refractivity contribution < 1.29 is 14.3 Å². The Labute approximate surface area is 266 Å². The maximum absolute atomic E-state index is 14.1. The first-order chi connectivity index (χ1) is 21.3. The van der Waals surface area contributed by atoms with E-state index in [-0.39, 0.29) is 10.9 Å². The number of amides is 1. The van der Waals surface area contributed by atoms with E-state index in [0.29, 0.717) is 42.6 Å². The number of carbonyl (C=O) groups is 1. The van der Waals surface area contributed by atoms with E-state index in [0.717, 1.165) is 56.0 Å². The molecule has 1 amide bonds. The van der Waals surface area contributed by atoms with Gasteiger partial charge in [-0.15, -0.1) is 0 Å². The van der Waals surface area contributed by atoms with Crippen molar-refractivity contribution in [3.63, 3.8) is 0 Å². The molecule has 0 atom stereocenters. The lowest BCUT2D eigenvalue weighted by atomic mass is 10.1. The number of rotatable bonds is 12. The summed E-state index contributed by atoms with van der Waals surface area (Å²) >= 11 is 6.73. The lowest BCUT2D eigenvalue weighted by Crippen LogP contribution is -2.44. The zero-order valence-corrected chi connectivity index (χ0v) is 27.3. The third kappa shape index (κ3) is 7.20. The zero-order chi connectivity index (χ0) is 31.2. The summed E-state index contributed by atoms with van der Waals surface area (Å²) in [7, 11) is 5.27. The van der Waals surface area contributed by atoms with Crippen molar-refractivity contribution in [2.24, 2.45) is 5.92 Å². The maximum Gasteiger partial charge on any atom is 0.255 e. The van der Waals surface area contributed by atoms with E-state index in [1.54, 1.807) is 19.2 Å². The molecule has 8 nitrogen and oxygen atoms in total. The highest BCUT2D eigenvalue weighted by Crippen LogP contribution is 2.38. The third-order valence-corrected chi connectivity index (χ3v) is 8.86. The first kappa shape index (κ1) is 31.8. The van der Waals surface area contributed by atoms with Crippen molar-refractivity contribution in [2.75, 3.05) is 54.0 Å². The third-order valence-electron chi connectivity index (χ3n) is 8.48. The maximum atomic E-state index is 14.1. The van der Waals surface area contributed by atoms with Crippen molar-refractivity contribution in [1.82, 2.24) is 24.3 Å². The van der Waals surface area contributed by atoms with E-state index in [2.05, 4.69) is 65.6 Å². The second-order valence-electron chi connectivity index (χ2n) is 12.0. The molecule has 0 N–H and O–H groups in total. The zero-order valence-electron chi connectivity index (χ0n) is 26.6. The Balaban J connectivity index is 1.49. The van der Waals surface area contributed by atoms with Crippen LogP contribution in [-0.2, 0) is 19.6 Å². The molecule has 0 saturated carbocycles. The molecule has 0 unspecified atom stereocenters. The Morgan fingerprint density at radius 1 is 0.932 bits per heavy atom. The van der Waals surface area contributed by atoms with Gasteiger partial charge in [0.2, 0.25) is 0 Å². The van der Waals surface area contributed by atoms with Gasteiger partial charge < -0.3 is 23.8 Å². The highest BCUT2D eigenvalue weighted by atomic mass is 35.5. The average molecular weight is 618 g/mol. The van der Waals surface area contributed by atoms with Crippen molar-refractivity contribution in [3.8, 4) is 11.5 Å². The predicted octanol–water partition coefficient (Wildman–Crippen LogP) is 6.19. The molecule has 44 heavy (non-hydrogen) atoms. The lowest BCUT2D eigenvalue weighted by Gasteiger charge is -2.32. The van der Waals surface area contributed by atoms with Crippen molar-refractivity contribution in [2.45, 2.75) is 39.9 Å². The highest BCUT2D eigenvalue weighted by molar-refractivity contribution is 6.35. The van der Waals surface area contributed by atoms with Crippen LogP contribution in [0.4, 0.5) is 0 Å². The quantitative estimate of drug-likeness (QED) is 0.189. The lowest BCUT2D eigenvalue weighted by molar-refractivity contribution is 0.0729. The van der Waals surface area contributed by atoms with Crippen molar-refractivity contribution in [1.29, 1.82) is 0 Å². The SMILES string of the molecule is COc1ccc(C(=O)N(CCC(C)C)Cc2nc3ccccc3n2Cc2ccccc2CN2CCN(C)CC2)c(Cl)c1OC. The number of fused-ring (bicyclic) bond motifs is 1. The summed E-state index contributed by atoms with van der Waals surface area (Å²) in [5, 5.41) is 0.248. The number of nitrogens with zero attached hydrogens (tertiary/aromatic N) is 5. The summed E-state index contributed by atoms with van der Waals surface area (Å²) < 4.78 is 13.2. The number of ether oxygens (including phenoxy) is 2. The van der Waals surface area contributed by atoms with Crippen LogP contribution in [0.5, 0.6) is 11.5 Å². The monoisotopic (exact) mass is 617 g/mol. The van der Waals surface area contributed by atoms with Crippen LogP contribution in [0.1, 0.15) is 47.6 Å². The highest BCUT2D eigenvalue weighted by Gasteiger charge is 2.25. The van der Waals surface area contributed by atoms with Gasteiger partial charge in [-0.2, -0.15) is 0 Å². The van der Waals surface area contributed by atoms with Gasteiger partial charge in [0, 0.05) is 45.8 Å². The number of para-hydroxylation sites is 2. The molecule has 0 aliphatic carbocycles.